The zero-order chi connectivity index (χ0) is 27.1. The average molecular weight is 533 g/mol. The van der Waals surface area contributed by atoms with Gasteiger partial charge in [-0.05, 0) is 56.9 Å². The summed E-state index contributed by atoms with van der Waals surface area (Å²) >= 11 is 0. The van der Waals surface area contributed by atoms with Crippen LogP contribution in [0.4, 0.5) is 0 Å². The lowest BCUT2D eigenvalue weighted by atomic mass is 9.75. The van der Waals surface area contributed by atoms with Crippen molar-refractivity contribution in [1.29, 1.82) is 0 Å². The van der Waals surface area contributed by atoms with Gasteiger partial charge in [-0.2, -0.15) is 0 Å². The lowest BCUT2D eigenvalue weighted by Gasteiger charge is -2.42. The smallest absolute Gasteiger partial charge is 0.255 e. The fourth-order valence-corrected chi connectivity index (χ4v) is 5.89. The predicted octanol–water partition coefficient (Wildman–Crippen LogP) is 4.61. The molecule has 0 radical (unpaired) electrons. The molecular weight excluding hydrogens is 492 g/mol. The van der Waals surface area contributed by atoms with Gasteiger partial charge >= 0.3 is 0 Å². The van der Waals surface area contributed by atoms with Crippen molar-refractivity contribution in [2.75, 3.05) is 39.5 Å². The number of nitrogens with zero attached hydrogens (tertiary/aromatic N) is 3. The van der Waals surface area contributed by atoms with Gasteiger partial charge in [0, 0.05) is 51.0 Å². The minimum Gasteiger partial charge on any atom is -0.492 e. The van der Waals surface area contributed by atoms with E-state index in [1.807, 2.05) is 41.3 Å². The zero-order valence-electron chi connectivity index (χ0n) is 23.0. The lowest BCUT2D eigenvalue weighted by molar-refractivity contribution is -0.134. The number of hydrogen-bond donors (Lipinski definition) is 1. The summed E-state index contributed by atoms with van der Waals surface area (Å²) in [5.74, 6) is 1.64. The van der Waals surface area contributed by atoms with E-state index in [2.05, 4.69) is 22.9 Å². The van der Waals surface area contributed by atoms with E-state index in [9.17, 15) is 9.59 Å². The molecule has 1 aromatic heterocycles. The van der Waals surface area contributed by atoms with Gasteiger partial charge in [0.1, 0.15) is 11.6 Å². The van der Waals surface area contributed by atoms with E-state index in [1.54, 1.807) is 6.07 Å². The highest BCUT2D eigenvalue weighted by Gasteiger charge is 2.36. The minimum absolute atomic E-state index is 0.0271. The molecule has 8 heteroatoms. The number of aromatic nitrogens is 2. The van der Waals surface area contributed by atoms with Crippen LogP contribution >= 0.6 is 0 Å². The summed E-state index contributed by atoms with van der Waals surface area (Å²) in [6.45, 7) is 6.64. The Morgan fingerprint density at radius 1 is 1.03 bits per heavy atom. The fraction of sp³-hybridized carbons (Fsp3) is 0.516. The van der Waals surface area contributed by atoms with E-state index < -0.39 is 0 Å². The first-order valence-corrected chi connectivity index (χ1v) is 14.4. The molecule has 0 saturated carbocycles. The number of ether oxygens (including phenoxy) is 2. The Hall–Kier alpha value is -3.39. The van der Waals surface area contributed by atoms with Crippen LogP contribution < -0.4 is 10.1 Å². The van der Waals surface area contributed by atoms with E-state index >= 15 is 0 Å². The number of carbonyl (C=O) groups is 2. The van der Waals surface area contributed by atoms with Gasteiger partial charge in [-0.3, -0.25) is 9.59 Å². The number of benzene rings is 2. The van der Waals surface area contributed by atoms with Crippen molar-refractivity contribution in [2.45, 2.75) is 58.4 Å². The molecule has 2 aliphatic rings. The molecule has 0 aliphatic carbocycles. The SMILES string of the molecule is CCn1c(CCC(=O)N2CCC3(CCCCOCCNC(=O)c4ccccc4OC3)CC2)nc2ccccc21. The normalized spacial score (nSPS) is 18.7. The Morgan fingerprint density at radius 3 is 2.67 bits per heavy atom. The summed E-state index contributed by atoms with van der Waals surface area (Å²) in [7, 11) is 0. The molecule has 1 fully saturated rings. The van der Waals surface area contributed by atoms with Crippen molar-refractivity contribution in [3.8, 4) is 5.75 Å². The van der Waals surface area contributed by atoms with E-state index in [4.69, 9.17) is 14.5 Å². The van der Waals surface area contributed by atoms with Crippen molar-refractivity contribution in [1.82, 2.24) is 19.8 Å². The van der Waals surface area contributed by atoms with Crippen molar-refractivity contribution in [3.05, 3.63) is 59.9 Å². The van der Waals surface area contributed by atoms with Crippen molar-refractivity contribution in [3.63, 3.8) is 0 Å². The molecule has 0 atom stereocenters. The number of likely N-dealkylation sites (tertiary alicyclic amines) is 1. The number of aryl methyl sites for hydroxylation is 2. The van der Waals surface area contributed by atoms with E-state index in [0.29, 0.717) is 50.5 Å². The van der Waals surface area contributed by atoms with Crippen LogP contribution in [0, 0.1) is 5.41 Å². The van der Waals surface area contributed by atoms with Gasteiger partial charge in [0.05, 0.1) is 29.8 Å². The molecule has 208 valence electrons. The molecule has 3 aromatic rings. The molecule has 2 amide bonds. The number of carbonyl (C=O) groups excluding carboxylic acids is 2. The fourth-order valence-electron chi connectivity index (χ4n) is 5.89. The number of imidazole rings is 1. The average Bonchev–Trinajstić information content (AvgIpc) is 3.34. The van der Waals surface area contributed by atoms with Crippen LogP contribution in [0.25, 0.3) is 11.0 Å². The van der Waals surface area contributed by atoms with Crippen molar-refractivity contribution >= 4 is 22.8 Å². The first-order valence-electron chi connectivity index (χ1n) is 14.4. The summed E-state index contributed by atoms with van der Waals surface area (Å²) in [6, 6.07) is 15.6. The van der Waals surface area contributed by atoms with E-state index in [-0.39, 0.29) is 17.2 Å². The zero-order valence-corrected chi connectivity index (χ0v) is 23.0. The van der Waals surface area contributed by atoms with E-state index in [0.717, 1.165) is 68.6 Å². The highest BCUT2D eigenvalue weighted by atomic mass is 16.5. The highest BCUT2D eigenvalue weighted by Crippen LogP contribution is 2.38. The maximum absolute atomic E-state index is 13.2. The third-order valence-corrected chi connectivity index (χ3v) is 8.23. The number of rotatable bonds is 4. The predicted molar refractivity (Wildman–Crippen MR) is 151 cm³/mol. The second kappa shape index (κ2) is 12.6. The Morgan fingerprint density at radius 2 is 1.82 bits per heavy atom. The van der Waals surface area contributed by atoms with Crippen molar-refractivity contribution < 1.29 is 19.1 Å². The first-order chi connectivity index (χ1) is 19.1. The minimum atomic E-state index is -0.141. The van der Waals surface area contributed by atoms with Gasteiger partial charge in [0.25, 0.3) is 5.91 Å². The van der Waals surface area contributed by atoms with Gasteiger partial charge in [0.15, 0.2) is 0 Å². The standard InChI is InChI=1S/C31H40N4O4/c1-2-35-26-11-5-4-10-25(26)33-28(35)13-14-29(36)34-19-16-31(17-20-34)15-7-8-21-38-22-18-32-30(37)24-9-3-6-12-27(24)39-23-31/h3-6,9-12H,2,7-8,13-23H2,1H3,(H,32,37). The van der Waals surface area contributed by atoms with Crippen LogP contribution in [0.1, 0.15) is 61.6 Å². The summed E-state index contributed by atoms with van der Waals surface area (Å²) in [5, 5.41) is 2.93. The first kappa shape index (κ1) is 27.2. The van der Waals surface area contributed by atoms with Gasteiger partial charge in [-0.1, -0.05) is 30.7 Å². The third kappa shape index (κ3) is 6.44. The molecule has 39 heavy (non-hydrogen) atoms. The molecule has 0 unspecified atom stereocenters. The Kier molecular flexibility index (Phi) is 8.81. The van der Waals surface area contributed by atoms with E-state index in [1.165, 1.54) is 0 Å². The van der Waals surface area contributed by atoms with Gasteiger partial charge in [-0.25, -0.2) is 4.98 Å². The molecule has 0 bridgehead atoms. The maximum atomic E-state index is 13.2. The number of nitrogens with one attached hydrogen (secondary N) is 1. The number of piperidine rings is 1. The van der Waals surface area contributed by atoms with Gasteiger partial charge in [-0.15, -0.1) is 0 Å². The topological polar surface area (TPSA) is 85.7 Å². The molecule has 3 heterocycles. The number of amides is 2. The van der Waals surface area contributed by atoms with Crippen LogP contribution in [0.5, 0.6) is 5.75 Å². The third-order valence-electron chi connectivity index (χ3n) is 8.23. The van der Waals surface area contributed by atoms with Gasteiger partial charge in [0.2, 0.25) is 5.91 Å². The molecule has 1 N–H and O–H groups in total. The second-order valence-corrected chi connectivity index (χ2v) is 10.8. The van der Waals surface area contributed by atoms with Crippen LogP contribution in [0.2, 0.25) is 0 Å². The molecule has 5 rings (SSSR count). The quantitative estimate of drug-likeness (QED) is 0.531. The summed E-state index contributed by atoms with van der Waals surface area (Å²) in [6.07, 6.45) is 5.94. The Balaban J connectivity index is 1.22. The second-order valence-electron chi connectivity index (χ2n) is 10.8. The summed E-state index contributed by atoms with van der Waals surface area (Å²) in [4.78, 5) is 32.8. The number of para-hydroxylation sites is 3. The van der Waals surface area contributed by atoms with Gasteiger partial charge < -0.3 is 24.3 Å². The molecule has 1 spiro atoms. The van der Waals surface area contributed by atoms with Crippen LogP contribution in [-0.4, -0.2) is 65.7 Å². The lowest BCUT2D eigenvalue weighted by Crippen LogP contribution is -2.45. The highest BCUT2D eigenvalue weighted by molar-refractivity contribution is 5.96. The molecular formula is C31H40N4O4. The summed E-state index contributed by atoms with van der Waals surface area (Å²) < 4.78 is 14.3. The Labute approximate surface area is 230 Å². The molecule has 2 aliphatic heterocycles. The largest absolute Gasteiger partial charge is 0.492 e. The summed E-state index contributed by atoms with van der Waals surface area (Å²) in [5.41, 5.74) is 2.64. The maximum Gasteiger partial charge on any atom is 0.255 e. The van der Waals surface area contributed by atoms with Crippen LogP contribution in [-0.2, 0) is 22.5 Å². The number of fused-ring (bicyclic) bond motifs is 2. The van der Waals surface area contributed by atoms with Crippen molar-refractivity contribution in [2.24, 2.45) is 5.41 Å². The molecule has 2 aromatic carbocycles. The Bertz CT molecular complexity index is 1280. The molecule has 1 saturated heterocycles. The number of hydrogen-bond acceptors (Lipinski definition) is 5. The monoisotopic (exact) mass is 532 g/mol. The van der Waals surface area contributed by atoms with Crippen LogP contribution in [0.15, 0.2) is 48.5 Å². The van der Waals surface area contributed by atoms with Crippen LogP contribution in [0.3, 0.4) is 0 Å². The molecule has 8 nitrogen and oxygen atoms in total.